The fourth-order valence-corrected chi connectivity index (χ4v) is 1.69. The molecule has 0 aromatic heterocycles. The molecule has 0 spiro atoms. The summed E-state index contributed by atoms with van der Waals surface area (Å²) in [6, 6.07) is 0. The first kappa shape index (κ1) is 16.8. The van der Waals surface area contributed by atoms with Gasteiger partial charge in [0.25, 0.3) is 0 Å². The zero-order chi connectivity index (χ0) is 10.3. The van der Waals surface area contributed by atoms with Crippen molar-refractivity contribution in [3.63, 3.8) is 0 Å². The molecule has 14 heavy (non-hydrogen) atoms. The molecule has 80 valence electrons. The molecule has 4 heteroatoms. The zero-order valence-corrected chi connectivity index (χ0v) is 8.62. The summed E-state index contributed by atoms with van der Waals surface area (Å²) in [6.07, 6.45) is 3.48. The molecule has 0 amide bonds. The van der Waals surface area contributed by atoms with Crippen LogP contribution in [0.2, 0.25) is 0 Å². The van der Waals surface area contributed by atoms with E-state index in [-0.39, 0.29) is 41.9 Å². The van der Waals surface area contributed by atoms with Crippen LogP contribution in [0.15, 0.2) is 0 Å². The standard InChI is InChI=1S/C10H21NO2.Na.H/c1-3-4-8(2)5-9(7-11)6-10(12)13;;/h8-9H,3-7,11H2,1-2H3,(H,12,13);;/t8-,9?;;/m1../s1. The van der Waals surface area contributed by atoms with Gasteiger partial charge < -0.3 is 10.8 Å². The second-order valence-corrected chi connectivity index (χ2v) is 3.83. The summed E-state index contributed by atoms with van der Waals surface area (Å²) in [7, 11) is 0. The average Bonchev–Trinajstić information content (AvgIpc) is 2.02. The van der Waals surface area contributed by atoms with Gasteiger partial charge in [0.15, 0.2) is 0 Å². The number of carboxylic acids is 1. The van der Waals surface area contributed by atoms with Gasteiger partial charge in [-0.05, 0) is 24.8 Å². The van der Waals surface area contributed by atoms with Crippen LogP contribution in [0.1, 0.15) is 39.5 Å². The molecular weight excluding hydrogens is 189 g/mol. The topological polar surface area (TPSA) is 63.3 Å². The zero-order valence-electron chi connectivity index (χ0n) is 8.62. The van der Waals surface area contributed by atoms with Crippen molar-refractivity contribution in [1.82, 2.24) is 0 Å². The first-order chi connectivity index (χ1) is 6.10. The van der Waals surface area contributed by atoms with Gasteiger partial charge in [0.1, 0.15) is 0 Å². The van der Waals surface area contributed by atoms with Crippen molar-refractivity contribution in [2.45, 2.75) is 39.5 Å². The minimum absolute atomic E-state index is 0. The average molecular weight is 211 g/mol. The van der Waals surface area contributed by atoms with Crippen LogP contribution in [0.3, 0.4) is 0 Å². The number of nitrogens with two attached hydrogens (primary N) is 1. The Morgan fingerprint density at radius 3 is 2.43 bits per heavy atom. The molecule has 0 bridgehead atoms. The van der Waals surface area contributed by atoms with Crippen LogP contribution in [0.25, 0.3) is 0 Å². The molecule has 0 rings (SSSR count). The Hall–Kier alpha value is 0.430. The van der Waals surface area contributed by atoms with E-state index in [1.54, 1.807) is 0 Å². The predicted octanol–water partition coefficient (Wildman–Crippen LogP) is 1.21. The Kier molecular flexibility index (Phi) is 12.0. The Morgan fingerprint density at radius 1 is 1.50 bits per heavy atom. The van der Waals surface area contributed by atoms with E-state index in [9.17, 15) is 4.79 Å². The Bertz CT molecular complexity index is 153. The van der Waals surface area contributed by atoms with Crippen LogP contribution < -0.4 is 5.73 Å². The molecule has 0 heterocycles. The Morgan fingerprint density at radius 2 is 2.07 bits per heavy atom. The van der Waals surface area contributed by atoms with Gasteiger partial charge in [0.2, 0.25) is 0 Å². The van der Waals surface area contributed by atoms with E-state index in [0.29, 0.717) is 12.5 Å². The Balaban J connectivity index is 0. The van der Waals surface area contributed by atoms with Crippen LogP contribution >= 0.6 is 0 Å². The van der Waals surface area contributed by atoms with Gasteiger partial charge in [-0.15, -0.1) is 0 Å². The van der Waals surface area contributed by atoms with E-state index < -0.39 is 5.97 Å². The van der Waals surface area contributed by atoms with E-state index in [1.165, 1.54) is 0 Å². The molecule has 0 saturated heterocycles. The van der Waals surface area contributed by atoms with Crippen LogP contribution in [-0.4, -0.2) is 47.2 Å². The fourth-order valence-electron chi connectivity index (χ4n) is 1.69. The summed E-state index contributed by atoms with van der Waals surface area (Å²) in [5, 5.41) is 8.60. The number of aliphatic carboxylic acids is 1. The third-order valence-corrected chi connectivity index (χ3v) is 2.31. The molecule has 2 atom stereocenters. The number of carboxylic acid groups (broad SMARTS) is 1. The molecule has 0 aliphatic carbocycles. The van der Waals surface area contributed by atoms with Gasteiger partial charge in [-0.25, -0.2) is 0 Å². The van der Waals surface area contributed by atoms with Crippen molar-refractivity contribution < 1.29 is 9.90 Å². The molecule has 3 N–H and O–H groups in total. The number of hydrogen-bond acceptors (Lipinski definition) is 2. The molecule has 0 fully saturated rings. The van der Waals surface area contributed by atoms with Crippen LogP contribution in [-0.2, 0) is 4.79 Å². The molecule has 0 aliphatic heterocycles. The maximum absolute atomic E-state index is 10.5. The van der Waals surface area contributed by atoms with Gasteiger partial charge in [-0.1, -0.05) is 26.7 Å². The summed E-state index contributed by atoms with van der Waals surface area (Å²) >= 11 is 0. The minimum atomic E-state index is -0.737. The quantitative estimate of drug-likeness (QED) is 0.622. The van der Waals surface area contributed by atoms with Crippen molar-refractivity contribution in [1.29, 1.82) is 0 Å². The molecular formula is C10H22NNaO2. The molecule has 0 radical (unpaired) electrons. The summed E-state index contributed by atoms with van der Waals surface area (Å²) < 4.78 is 0. The van der Waals surface area contributed by atoms with E-state index in [1.807, 2.05) is 0 Å². The normalized spacial score (nSPS) is 14.2. The van der Waals surface area contributed by atoms with Gasteiger partial charge in [0.05, 0.1) is 0 Å². The van der Waals surface area contributed by atoms with Gasteiger partial charge in [-0.3, -0.25) is 4.79 Å². The van der Waals surface area contributed by atoms with E-state index in [2.05, 4.69) is 13.8 Å². The number of hydrogen-bond donors (Lipinski definition) is 2. The molecule has 0 aliphatic rings. The SMILES string of the molecule is CCC[C@@H](C)CC(CN)CC(=O)O.[NaH]. The van der Waals surface area contributed by atoms with E-state index in [4.69, 9.17) is 10.8 Å². The third kappa shape index (κ3) is 9.00. The summed E-state index contributed by atoms with van der Waals surface area (Å²) in [6.45, 7) is 4.79. The van der Waals surface area contributed by atoms with Gasteiger partial charge >= 0.3 is 35.5 Å². The second-order valence-electron chi connectivity index (χ2n) is 3.83. The molecule has 3 nitrogen and oxygen atoms in total. The summed E-state index contributed by atoms with van der Waals surface area (Å²) in [5.41, 5.74) is 5.50. The van der Waals surface area contributed by atoms with Crippen LogP contribution in [0.5, 0.6) is 0 Å². The number of carbonyl (C=O) groups is 1. The summed E-state index contributed by atoms with van der Waals surface area (Å²) in [4.78, 5) is 10.5. The fraction of sp³-hybridized carbons (Fsp3) is 0.900. The molecule has 0 saturated carbocycles. The van der Waals surface area contributed by atoms with Crippen LogP contribution in [0.4, 0.5) is 0 Å². The predicted molar refractivity (Wildman–Crippen MR) is 60.6 cm³/mol. The van der Waals surface area contributed by atoms with Crippen molar-refractivity contribution in [3.05, 3.63) is 0 Å². The second kappa shape index (κ2) is 9.97. The first-order valence-electron chi connectivity index (χ1n) is 5.02. The van der Waals surface area contributed by atoms with Crippen molar-refractivity contribution >= 4 is 35.5 Å². The van der Waals surface area contributed by atoms with Crippen LogP contribution in [0, 0.1) is 11.8 Å². The van der Waals surface area contributed by atoms with E-state index >= 15 is 0 Å². The third-order valence-electron chi connectivity index (χ3n) is 2.31. The van der Waals surface area contributed by atoms with Crippen molar-refractivity contribution in [2.75, 3.05) is 6.54 Å². The maximum atomic E-state index is 10.5. The van der Waals surface area contributed by atoms with Gasteiger partial charge in [-0.2, -0.15) is 0 Å². The summed E-state index contributed by atoms with van der Waals surface area (Å²) in [5.74, 6) is 0.0103. The number of rotatable bonds is 7. The monoisotopic (exact) mass is 211 g/mol. The Labute approximate surface area is 109 Å². The van der Waals surface area contributed by atoms with Crippen molar-refractivity contribution in [2.24, 2.45) is 17.6 Å². The van der Waals surface area contributed by atoms with Crippen molar-refractivity contribution in [3.8, 4) is 0 Å². The molecule has 0 aromatic rings. The van der Waals surface area contributed by atoms with E-state index in [0.717, 1.165) is 19.3 Å². The van der Waals surface area contributed by atoms with Gasteiger partial charge in [0, 0.05) is 6.42 Å². The molecule has 0 aromatic carbocycles. The first-order valence-corrected chi connectivity index (χ1v) is 5.02. The molecule has 1 unspecified atom stereocenters.